The molecule has 152 valence electrons. The Morgan fingerprint density at radius 2 is 1.86 bits per heavy atom. The lowest BCUT2D eigenvalue weighted by Crippen LogP contribution is -2.50. The Balaban J connectivity index is 1.51. The molecule has 2 aromatic rings. The molecule has 1 fully saturated rings. The van der Waals surface area contributed by atoms with E-state index < -0.39 is 5.60 Å². The second-order valence-corrected chi connectivity index (χ2v) is 9.12. The molecule has 1 aromatic heterocycles. The van der Waals surface area contributed by atoms with Crippen molar-refractivity contribution in [1.29, 1.82) is 0 Å². The van der Waals surface area contributed by atoms with Crippen LogP contribution in [-0.4, -0.2) is 49.3 Å². The van der Waals surface area contributed by atoms with Crippen molar-refractivity contribution in [1.82, 2.24) is 10.2 Å². The van der Waals surface area contributed by atoms with Gasteiger partial charge in [-0.1, -0.05) is 24.3 Å². The van der Waals surface area contributed by atoms with Gasteiger partial charge in [0.25, 0.3) is 0 Å². The van der Waals surface area contributed by atoms with Gasteiger partial charge in [0.15, 0.2) is 0 Å². The molecular formula is C22H31N3O2S. The maximum Gasteiger partial charge on any atom is 0.410 e. The molecule has 1 aliphatic rings. The number of piperazine rings is 1. The van der Waals surface area contributed by atoms with Crippen molar-refractivity contribution in [2.24, 2.45) is 0 Å². The zero-order chi connectivity index (χ0) is 20.0. The van der Waals surface area contributed by atoms with E-state index in [0.717, 1.165) is 32.6 Å². The molecule has 0 unspecified atom stereocenters. The predicted molar refractivity (Wildman–Crippen MR) is 116 cm³/mol. The summed E-state index contributed by atoms with van der Waals surface area (Å²) < 4.78 is 5.50. The van der Waals surface area contributed by atoms with E-state index in [4.69, 9.17) is 4.74 Å². The first kappa shape index (κ1) is 20.7. The fourth-order valence-electron chi connectivity index (χ4n) is 3.31. The van der Waals surface area contributed by atoms with Crippen LogP contribution >= 0.6 is 11.3 Å². The number of benzene rings is 1. The number of anilines is 1. The highest BCUT2D eigenvalue weighted by atomic mass is 32.1. The molecule has 0 atom stereocenters. The van der Waals surface area contributed by atoms with Crippen LogP contribution in [0, 0.1) is 0 Å². The van der Waals surface area contributed by atoms with Gasteiger partial charge in [0, 0.05) is 49.8 Å². The van der Waals surface area contributed by atoms with Crippen molar-refractivity contribution in [3.63, 3.8) is 0 Å². The molecule has 0 bridgehead atoms. The minimum atomic E-state index is -0.449. The minimum Gasteiger partial charge on any atom is -0.444 e. The fraction of sp³-hybridized carbons (Fsp3) is 0.500. The normalized spacial score (nSPS) is 15.0. The van der Waals surface area contributed by atoms with Gasteiger partial charge in [0.2, 0.25) is 0 Å². The van der Waals surface area contributed by atoms with Gasteiger partial charge in [-0.15, -0.1) is 11.3 Å². The van der Waals surface area contributed by atoms with Crippen LogP contribution in [0.2, 0.25) is 0 Å². The van der Waals surface area contributed by atoms with Crippen LogP contribution in [0.25, 0.3) is 0 Å². The fourth-order valence-corrected chi connectivity index (χ4v) is 4.02. The number of para-hydroxylation sites is 1. The highest BCUT2D eigenvalue weighted by molar-refractivity contribution is 7.09. The monoisotopic (exact) mass is 401 g/mol. The largest absolute Gasteiger partial charge is 0.444 e. The van der Waals surface area contributed by atoms with E-state index in [1.807, 2.05) is 37.0 Å². The average Bonchev–Trinajstić information content (AvgIpc) is 3.18. The molecule has 1 aliphatic heterocycles. The quantitative estimate of drug-likeness (QED) is 0.739. The number of nitrogens with zero attached hydrogens (tertiary/aromatic N) is 2. The number of amides is 1. The lowest BCUT2D eigenvalue weighted by molar-refractivity contribution is 0.0240. The van der Waals surface area contributed by atoms with Crippen LogP contribution in [-0.2, 0) is 17.7 Å². The zero-order valence-electron chi connectivity index (χ0n) is 17.1. The van der Waals surface area contributed by atoms with Crippen molar-refractivity contribution < 1.29 is 9.53 Å². The van der Waals surface area contributed by atoms with Crippen molar-refractivity contribution >= 4 is 23.1 Å². The van der Waals surface area contributed by atoms with Crippen LogP contribution in [0.1, 0.15) is 31.2 Å². The van der Waals surface area contributed by atoms with E-state index >= 15 is 0 Å². The first-order valence-electron chi connectivity index (χ1n) is 9.96. The molecule has 1 aromatic carbocycles. The third-order valence-corrected chi connectivity index (χ3v) is 5.64. The SMILES string of the molecule is CC(C)(C)OC(=O)N1CCN(c2ccccc2CNCCc2cccs2)CC1. The number of carbonyl (C=O) groups excluding carboxylic acids is 1. The molecule has 0 radical (unpaired) electrons. The molecule has 6 heteroatoms. The summed E-state index contributed by atoms with van der Waals surface area (Å²) >= 11 is 1.81. The number of ether oxygens (including phenoxy) is 1. The zero-order valence-corrected chi connectivity index (χ0v) is 17.9. The van der Waals surface area contributed by atoms with Gasteiger partial charge in [-0.2, -0.15) is 0 Å². The van der Waals surface area contributed by atoms with Crippen molar-refractivity contribution in [2.45, 2.75) is 39.3 Å². The smallest absolute Gasteiger partial charge is 0.410 e. The first-order chi connectivity index (χ1) is 13.4. The number of hydrogen-bond acceptors (Lipinski definition) is 5. The van der Waals surface area contributed by atoms with E-state index in [2.05, 4.69) is 52.0 Å². The van der Waals surface area contributed by atoms with Gasteiger partial charge in [-0.05, 0) is 50.3 Å². The summed E-state index contributed by atoms with van der Waals surface area (Å²) in [4.78, 5) is 17.9. The summed E-state index contributed by atoms with van der Waals surface area (Å²) in [5, 5.41) is 5.69. The van der Waals surface area contributed by atoms with Gasteiger partial charge < -0.3 is 19.9 Å². The Morgan fingerprint density at radius 3 is 2.54 bits per heavy atom. The van der Waals surface area contributed by atoms with E-state index in [1.54, 1.807) is 0 Å². The van der Waals surface area contributed by atoms with Crippen LogP contribution in [0.15, 0.2) is 41.8 Å². The molecule has 1 N–H and O–H groups in total. The Kier molecular flexibility index (Phi) is 6.97. The standard InChI is InChI=1S/C22H31N3O2S/c1-22(2,3)27-21(26)25-14-12-24(13-15-25)20-9-5-4-7-18(20)17-23-11-10-19-8-6-16-28-19/h4-9,16,23H,10-15,17H2,1-3H3. The summed E-state index contributed by atoms with van der Waals surface area (Å²) in [5.41, 5.74) is 2.12. The molecule has 0 aliphatic carbocycles. The number of hydrogen-bond donors (Lipinski definition) is 1. The highest BCUT2D eigenvalue weighted by Gasteiger charge is 2.26. The molecule has 1 saturated heterocycles. The number of thiophene rings is 1. The Bertz CT molecular complexity index is 747. The average molecular weight is 402 g/mol. The summed E-state index contributed by atoms with van der Waals surface area (Å²) in [6.07, 6.45) is 0.852. The third kappa shape index (κ3) is 5.97. The molecule has 3 rings (SSSR count). The van der Waals surface area contributed by atoms with Crippen LogP contribution in [0.5, 0.6) is 0 Å². The summed E-state index contributed by atoms with van der Waals surface area (Å²) in [6.45, 7) is 10.6. The summed E-state index contributed by atoms with van der Waals surface area (Å²) in [6, 6.07) is 12.8. The van der Waals surface area contributed by atoms with Crippen LogP contribution in [0.3, 0.4) is 0 Å². The van der Waals surface area contributed by atoms with Gasteiger partial charge in [0.1, 0.15) is 5.60 Å². The number of rotatable bonds is 6. The number of nitrogens with one attached hydrogen (secondary N) is 1. The molecule has 2 heterocycles. The molecule has 28 heavy (non-hydrogen) atoms. The van der Waals surface area contributed by atoms with E-state index in [9.17, 15) is 4.79 Å². The van der Waals surface area contributed by atoms with E-state index in [-0.39, 0.29) is 6.09 Å². The molecule has 1 amide bonds. The Hall–Kier alpha value is -2.05. The van der Waals surface area contributed by atoms with Crippen LogP contribution < -0.4 is 10.2 Å². The molecule has 0 spiro atoms. The molecular weight excluding hydrogens is 370 g/mol. The maximum atomic E-state index is 12.3. The minimum absolute atomic E-state index is 0.212. The van der Waals surface area contributed by atoms with Crippen molar-refractivity contribution in [3.8, 4) is 0 Å². The third-order valence-electron chi connectivity index (χ3n) is 4.71. The lowest BCUT2D eigenvalue weighted by Gasteiger charge is -2.37. The van der Waals surface area contributed by atoms with Crippen LogP contribution in [0.4, 0.5) is 10.5 Å². The second kappa shape index (κ2) is 9.43. The highest BCUT2D eigenvalue weighted by Crippen LogP contribution is 2.22. The summed E-state index contributed by atoms with van der Waals surface area (Å²) in [7, 11) is 0. The number of carbonyl (C=O) groups is 1. The first-order valence-corrected chi connectivity index (χ1v) is 10.8. The van der Waals surface area contributed by atoms with Crippen molar-refractivity contribution in [2.75, 3.05) is 37.6 Å². The van der Waals surface area contributed by atoms with Gasteiger partial charge in [-0.25, -0.2) is 4.79 Å². The molecule has 0 saturated carbocycles. The lowest BCUT2D eigenvalue weighted by atomic mass is 10.1. The Labute approximate surface area is 172 Å². The summed E-state index contributed by atoms with van der Waals surface area (Å²) in [5.74, 6) is 0. The molecule has 5 nitrogen and oxygen atoms in total. The predicted octanol–water partition coefficient (Wildman–Crippen LogP) is 4.14. The van der Waals surface area contributed by atoms with Crippen molar-refractivity contribution in [3.05, 3.63) is 52.2 Å². The van der Waals surface area contributed by atoms with Gasteiger partial charge in [-0.3, -0.25) is 0 Å². The second-order valence-electron chi connectivity index (χ2n) is 8.09. The van der Waals surface area contributed by atoms with E-state index in [1.165, 1.54) is 16.1 Å². The maximum absolute atomic E-state index is 12.3. The van der Waals surface area contributed by atoms with Gasteiger partial charge in [0.05, 0.1) is 0 Å². The Morgan fingerprint density at radius 1 is 1.11 bits per heavy atom. The van der Waals surface area contributed by atoms with Gasteiger partial charge >= 0.3 is 6.09 Å². The van der Waals surface area contributed by atoms with E-state index in [0.29, 0.717) is 13.1 Å². The topological polar surface area (TPSA) is 44.8 Å².